The van der Waals surface area contributed by atoms with Gasteiger partial charge in [-0.1, -0.05) is 6.07 Å². The van der Waals surface area contributed by atoms with Crippen molar-refractivity contribution in [3.63, 3.8) is 0 Å². The van der Waals surface area contributed by atoms with Gasteiger partial charge in [0, 0.05) is 24.0 Å². The second kappa shape index (κ2) is 8.56. The van der Waals surface area contributed by atoms with Crippen molar-refractivity contribution in [3.8, 4) is 16.9 Å². The molecule has 0 bridgehead atoms. The van der Waals surface area contributed by atoms with Crippen molar-refractivity contribution < 1.29 is 9.53 Å². The van der Waals surface area contributed by atoms with Crippen LogP contribution in [-0.4, -0.2) is 35.6 Å². The molecule has 0 spiro atoms. The van der Waals surface area contributed by atoms with Crippen LogP contribution in [0.5, 0.6) is 5.75 Å². The van der Waals surface area contributed by atoms with E-state index in [2.05, 4.69) is 21.4 Å². The molecule has 5 N–H and O–H groups in total. The van der Waals surface area contributed by atoms with Crippen LogP contribution < -0.4 is 21.5 Å². The maximum Gasteiger partial charge on any atom is 0.223 e. The molecule has 0 radical (unpaired) electrons. The van der Waals surface area contributed by atoms with E-state index in [-0.39, 0.29) is 11.9 Å². The molecule has 0 aliphatic heterocycles. The highest BCUT2D eigenvalue weighted by molar-refractivity contribution is 5.81. The number of hydrogen-bond donors (Lipinski definition) is 3. The number of hydrogen-bond acceptors (Lipinski definition) is 6. The molecule has 0 atom stereocenters. The molecule has 1 aromatic carbocycles. The lowest BCUT2D eigenvalue weighted by Gasteiger charge is -2.38. The number of ether oxygens (including phenoxy) is 1. The lowest BCUT2D eigenvalue weighted by molar-refractivity contribution is -0.129. The van der Waals surface area contributed by atoms with E-state index >= 15 is 0 Å². The van der Waals surface area contributed by atoms with Gasteiger partial charge in [0.25, 0.3) is 0 Å². The smallest absolute Gasteiger partial charge is 0.223 e. The van der Waals surface area contributed by atoms with E-state index in [1.54, 1.807) is 12.4 Å². The molecule has 1 amide bonds. The fourth-order valence-electron chi connectivity index (χ4n) is 4.01. The molecule has 0 unspecified atom stereocenters. The summed E-state index contributed by atoms with van der Waals surface area (Å²) in [6, 6.07) is 6.41. The van der Waals surface area contributed by atoms with Gasteiger partial charge in [-0.25, -0.2) is 9.97 Å². The van der Waals surface area contributed by atoms with Crippen LogP contribution in [0.1, 0.15) is 38.2 Å². The largest absolute Gasteiger partial charge is 0.494 e. The third-order valence-corrected chi connectivity index (χ3v) is 5.77. The number of anilines is 1. The van der Waals surface area contributed by atoms with Crippen molar-refractivity contribution >= 4 is 11.9 Å². The fourth-order valence-corrected chi connectivity index (χ4v) is 4.01. The quantitative estimate of drug-likeness (QED) is 0.675. The Hall–Kier alpha value is -2.67. The minimum atomic E-state index is -0.546. The number of nitrogens with one attached hydrogen (secondary N) is 1. The van der Waals surface area contributed by atoms with Crippen LogP contribution in [0.25, 0.3) is 11.1 Å². The molecule has 7 nitrogen and oxygen atoms in total. The normalized spacial score (nSPS) is 22.0. The SMILES string of the molecule is CCOc1ccc(-c2cnc(N)nc2)cc1CC1(C(N)=O)CCC(NC)CC1. The predicted molar refractivity (Wildman–Crippen MR) is 110 cm³/mol. The Labute approximate surface area is 165 Å². The summed E-state index contributed by atoms with van der Waals surface area (Å²) in [6.45, 7) is 2.51. The van der Waals surface area contributed by atoms with Crippen molar-refractivity contribution in [3.05, 3.63) is 36.2 Å². The van der Waals surface area contributed by atoms with Gasteiger partial charge in [0.05, 0.1) is 12.0 Å². The first-order valence-electron chi connectivity index (χ1n) is 9.78. The van der Waals surface area contributed by atoms with Gasteiger partial charge in [0.2, 0.25) is 11.9 Å². The first-order valence-corrected chi connectivity index (χ1v) is 9.78. The molecule has 7 heteroatoms. The summed E-state index contributed by atoms with van der Waals surface area (Å²) in [5, 5.41) is 3.31. The van der Waals surface area contributed by atoms with E-state index in [0.29, 0.717) is 19.1 Å². The number of aromatic nitrogens is 2. The zero-order valence-electron chi connectivity index (χ0n) is 16.6. The second-order valence-corrected chi connectivity index (χ2v) is 7.47. The molecular formula is C21H29N5O2. The summed E-state index contributed by atoms with van der Waals surface area (Å²) >= 11 is 0. The summed E-state index contributed by atoms with van der Waals surface area (Å²) in [5.41, 5.74) is 13.8. The third kappa shape index (κ3) is 4.25. The van der Waals surface area contributed by atoms with Gasteiger partial charge in [0.15, 0.2) is 0 Å². The van der Waals surface area contributed by atoms with Crippen molar-refractivity contribution in [2.75, 3.05) is 19.4 Å². The first-order chi connectivity index (χ1) is 13.5. The van der Waals surface area contributed by atoms with Crippen molar-refractivity contribution in [2.24, 2.45) is 11.1 Å². The molecular weight excluding hydrogens is 354 g/mol. The molecule has 1 aliphatic rings. The molecule has 150 valence electrons. The second-order valence-electron chi connectivity index (χ2n) is 7.47. The van der Waals surface area contributed by atoms with E-state index < -0.39 is 5.41 Å². The van der Waals surface area contributed by atoms with Gasteiger partial charge in [0.1, 0.15) is 5.75 Å². The fraction of sp³-hybridized carbons (Fsp3) is 0.476. The van der Waals surface area contributed by atoms with Crippen molar-refractivity contribution in [1.29, 1.82) is 0 Å². The minimum Gasteiger partial charge on any atom is -0.494 e. The average molecular weight is 383 g/mol. The number of amides is 1. The van der Waals surface area contributed by atoms with Crippen LogP contribution in [0.4, 0.5) is 5.95 Å². The Kier molecular flexibility index (Phi) is 6.14. The minimum absolute atomic E-state index is 0.231. The standard InChI is InChI=1S/C21H29N5O2/c1-3-28-18-5-4-14(16-12-25-20(23)26-13-16)10-15(18)11-21(19(22)27)8-6-17(24-2)7-9-21/h4-5,10,12-13,17,24H,3,6-9,11H2,1-2H3,(H2,22,27)(H2,23,25,26). The highest BCUT2D eigenvalue weighted by atomic mass is 16.5. The van der Waals surface area contributed by atoms with Crippen LogP contribution in [-0.2, 0) is 11.2 Å². The van der Waals surface area contributed by atoms with Gasteiger partial charge in [-0.05, 0) is 69.3 Å². The number of nitrogen functional groups attached to an aromatic ring is 1. The maximum atomic E-state index is 12.5. The summed E-state index contributed by atoms with van der Waals surface area (Å²) in [4.78, 5) is 20.6. The maximum absolute atomic E-state index is 12.5. The van der Waals surface area contributed by atoms with Gasteiger partial charge < -0.3 is 21.5 Å². The van der Waals surface area contributed by atoms with Crippen LogP contribution in [0, 0.1) is 5.41 Å². The zero-order chi connectivity index (χ0) is 20.1. The molecule has 1 saturated carbocycles. The number of carbonyl (C=O) groups excluding carboxylic acids is 1. The van der Waals surface area contributed by atoms with Crippen molar-refractivity contribution in [1.82, 2.24) is 15.3 Å². The topological polar surface area (TPSA) is 116 Å². The monoisotopic (exact) mass is 383 g/mol. The van der Waals surface area contributed by atoms with Crippen LogP contribution in [0.15, 0.2) is 30.6 Å². The van der Waals surface area contributed by atoms with E-state index in [0.717, 1.165) is 48.1 Å². The van der Waals surface area contributed by atoms with E-state index in [9.17, 15) is 4.79 Å². The average Bonchev–Trinajstić information content (AvgIpc) is 2.70. The summed E-state index contributed by atoms with van der Waals surface area (Å²) < 4.78 is 5.84. The third-order valence-electron chi connectivity index (χ3n) is 5.77. The van der Waals surface area contributed by atoms with Crippen molar-refractivity contribution in [2.45, 2.75) is 45.1 Å². The molecule has 3 rings (SSSR count). The highest BCUT2D eigenvalue weighted by Crippen LogP contribution is 2.41. The summed E-state index contributed by atoms with van der Waals surface area (Å²) in [5.74, 6) is 0.800. The number of rotatable bonds is 7. The molecule has 1 fully saturated rings. The summed E-state index contributed by atoms with van der Waals surface area (Å²) in [6.07, 6.45) is 7.39. The van der Waals surface area contributed by atoms with Crippen LogP contribution >= 0.6 is 0 Å². The van der Waals surface area contributed by atoms with Gasteiger partial charge in [-0.3, -0.25) is 4.79 Å². The zero-order valence-corrected chi connectivity index (χ0v) is 16.6. The molecule has 1 heterocycles. The molecule has 28 heavy (non-hydrogen) atoms. The number of carbonyl (C=O) groups is 1. The molecule has 1 aromatic heterocycles. The molecule has 2 aromatic rings. The number of nitrogens with zero attached hydrogens (tertiary/aromatic N) is 2. The van der Waals surface area contributed by atoms with Crippen LogP contribution in [0.3, 0.4) is 0 Å². The van der Waals surface area contributed by atoms with Gasteiger partial charge >= 0.3 is 0 Å². The Balaban J connectivity index is 1.94. The Bertz CT molecular complexity index is 814. The van der Waals surface area contributed by atoms with E-state index in [4.69, 9.17) is 16.2 Å². The Morgan fingerprint density at radius 3 is 2.50 bits per heavy atom. The Morgan fingerprint density at radius 1 is 1.25 bits per heavy atom. The highest BCUT2D eigenvalue weighted by Gasteiger charge is 2.40. The summed E-state index contributed by atoms with van der Waals surface area (Å²) in [7, 11) is 1.97. The lowest BCUT2D eigenvalue weighted by atomic mass is 9.68. The lowest BCUT2D eigenvalue weighted by Crippen LogP contribution is -2.45. The molecule has 1 aliphatic carbocycles. The van der Waals surface area contributed by atoms with Gasteiger partial charge in [-0.15, -0.1) is 0 Å². The predicted octanol–water partition coefficient (Wildman–Crippen LogP) is 2.30. The molecule has 0 saturated heterocycles. The van der Waals surface area contributed by atoms with Gasteiger partial charge in [-0.2, -0.15) is 0 Å². The number of primary amides is 1. The Morgan fingerprint density at radius 2 is 1.93 bits per heavy atom. The number of nitrogens with two attached hydrogens (primary N) is 2. The number of benzene rings is 1. The first kappa shape index (κ1) is 20.1. The van der Waals surface area contributed by atoms with E-state index in [1.807, 2.05) is 26.1 Å². The van der Waals surface area contributed by atoms with E-state index in [1.165, 1.54) is 0 Å². The van der Waals surface area contributed by atoms with Crippen LogP contribution in [0.2, 0.25) is 0 Å².